The maximum absolute atomic E-state index is 12.0. The Morgan fingerprint density at radius 1 is 1.31 bits per heavy atom. The number of halogens is 2. The zero-order valence-electron chi connectivity index (χ0n) is 14.0. The van der Waals surface area contributed by atoms with E-state index >= 15 is 0 Å². The highest BCUT2D eigenvalue weighted by Crippen LogP contribution is 2.33. The van der Waals surface area contributed by atoms with Gasteiger partial charge in [0, 0.05) is 0 Å². The lowest BCUT2D eigenvalue weighted by molar-refractivity contribution is -0.142. The minimum absolute atomic E-state index is 0.319. The van der Waals surface area contributed by atoms with Gasteiger partial charge in [-0.3, -0.25) is 9.36 Å². The lowest BCUT2D eigenvalue weighted by Gasteiger charge is -2.13. The number of carbonyl (C=O) groups excluding carboxylic acids is 1. The molecule has 0 N–H and O–H groups in total. The van der Waals surface area contributed by atoms with Crippen molar-refractivity contribution in [2.75, 3.05) is 6.61 Å². The Kier molecular flexibility index (Phi) is 5.90. The summed E-state index contributed by atoms with van der Waals surface area (Å²) in [6, 6.07) is 8.73. The van der Waals surface area contributed by atoms with Crippen LogP contribution in [0.25, 0.3) is 17.3 Å². The summed E-state index contributed by atoms with van der Waals surface area (Å²) in [6.07, 6.45) is 1.55. The van der Waals surface area contributed by atoms with Gasteiger partial charge >= 0.3 is 5.97 Å². The molecular weight excluding hydrogens is 397 g/mol. The Morgan fingerprint density at radius 2 is 2.12 bits per heavy atom. The van der Waals surface area contributed by atoms with Gasteiger partial charge in [0.2, 0.25) is 5.82 Å². The second kappa shape index (κ2) is 8.16. The van der Waals surface area contributed by atoms with Crippen molar-refractivity contribution in [1.82, 2.24) is 14.8 Å². The number of rotatable bonds is 6. The third-order valence-electron chi connectivity index (χ3n) is 3.44. The first-order chi connectivity index (χ1) is 12.5. The van der Waals surface area contributed by atoms with Crippen LogP contribution < -0.4 is 0 Å². The maximum atomic E-state index is 12.0. The zero-order chi connectivity index (χ0) is 18.7. The van der Waals surface area contributed by atoms with Gasteiger partial charge in [-0.15, -0.1) is 10.2 Å². The Balaban J connectivity index is 2.05. The summed E-state index contributed by atoms with van der Waals surface area (Å²) >= 11 is 13.4. The quantitative estimate of drug-likeness (QED) is 0.425. The molecule has 0 aliphatic rings. The van der Waals surface area contributed by atoms with Gasteiger partial charge in [0.25, 0.3) is 0 Å². The summed E-state index contributed by atoms with van der Waals surface area (Å²) in [5.41, 5.74) is 0.703. The van der Waals surface area contributed by atoms with E-state index < -0.39 is 5.25 Å². The topological polar surface area (TPSA) is 70.2 Å². The minimum Gasteiger partial charge on any atom is -0.465 e. The van der Waals surface area contributed by atoms with Crippen molar-refractivity contribution in [3.63, 3.8) is 0 Å². The molecule has 0 fully saturated rings. The van der Waals surface area contributed by atoms with Gasteiger partial charge in [-0.05, 0) is 44.2 Å². The van der Waals surface area contributed by atoms with Crippen LogP contribution in [0, 0.1) is 0 Å². The van der Waals surface area contributed by atoms with Crippen LogP contribution in [0.15, 0.2) is 46.2 Å². The normalized spacial score (nSPS) is 12.2. The molecule has 1 aromatic carbocycles. The van der Waals surface area contributed by atoms with E-state index in [1.54, 1.807) is 55.0 Å². The van der Waals surface area contributed by atoms with E-state index in [1.807, 2.05) is 0 Å². The van der Waals surface area contributed by atoms with Gasteiger partial charge < -0.3 is 9.15 Å². The van der Waals surface area contributed by atoms with Gasteiger partial charge in [-0.25, -0.2) is 0 Å². The zero-order valence-corrected chi connectivity index (χ0v) is 16.3. The average Bonchev–Trinajstić information content (AvgIpc) is 3.27. The molecule has 26 heavy (non-hydrogen) atoms. The predicted molar refractivity (Wildman–Crippen MR) is 101 cm³/mol. The molecule has 0 bridgehead atoms. The number of hydrogen-bond acceptors (Lipinski definition) is 6. The number of hydrogen-bond donors (Lipinski definition) is 0. The lowest BCUT2D eigenvalue weighted by atomic mass is 10.3. The number of ether oxygens (including phenoxy) is 1. The van der Waals surface area contributed by atoms with Crippen LogP contribution in [0.5, 0.6) is 0 Å². The first-order valence-electron chi connectivity index (χ1n) is 7.79. The van der Waals surface area contributed by atoms with Crippen molar-refractivity contribution >= 4 is 40.9 Å². The predicted octanol–water partition coefficient (Wildman–Crippen LogP) is 4.88. The van der Waals surface area contributed by atoms with Crippen LogP contribution in [0.1, 0.15) is 13.8 Å². The number of esters is 1. The molecule has 0 radical (unpaired) electrons. The molecule has 1 unspecified atom stereocenters. The summed E-state index contributed by atoms with van der Waals surface area (Å²) in [6.45, 7) is 3.84. The van der Waals surface area contributed by atoms with Gasteiger partial charge in [0.05, 0.1) is 28.6 Å². The van der Waals surface area contributed by atoms with Crippen molar-refractivity contribution in [2.45, 2.75) is 24.3 Å². The molecule has 0 saturated heterocycles. The van der Waals surface area contributed by atoms with E-state index in [2.05, 4.69) is 10.2 Å². The van der Waals surface area contributed by atoms with Crippen molar-refractivity contribution < 1.29 is 13.9 Å². The van der Waals surface area contributed by atoms with Gasteiger partial charge in [0.15, 0.2) is 10.9 Å². The van der Waals surface area contributed by atoms with E-state index in [4.69, 9.17) is 32.4 Å². The fourth-order valence-corrected chi connectivity index (χ4v) is 3.39. The molecule has 2 heterocycles. The van der Waals surface area contributed by atoms with Crippen LogP contribution >= 0.6 is 35.0 Å². The summed E-state index contributed by atoms with van der Waals surface area (Å²) in [7, 11) is 0. The Morgan fingerprint density at radius 3 is 2.77 bits per heavy atom. The number of aromatic nitrogens is 3. The number of carbonyl (C=O) groups is 1. The van der Waals surface area contributed by atoms with Crippen molar-refractivity contribution in [3.05, 3.63) is 46.6 Å². The standard InChI is InChI=1S/C17H15Cl2N3O3S/c1-3-24-16(23)10(2)26-17-21-20-15(14-5-4-8-25-14)22(17)11-6-7-12(18)13(19)9-11/h4-10H,3H2,1-2H3. The van der Waals surface area contributed by atoms with Crippen LogP contribution in [0.3, 0.4) is 0 Å². The molecular formula is C17H15Cl2N3O3S. The fourth-order valence-electron chi connectivity index (χ4n) is 2.23. The third-order valence-corrected chi connectivity index (χ3v) is 5.20. The summed E-state index contributed by atoms with van der Waals surface area (Å²) < 4.78 is 12.3. The molecule has 9 heteroatoms. The van der Waals surface area contributed by atoms with Crippen LogP contribution in [0.4, 0.5) is 0 Å². The molecule has 3 aromatic rings. The van der Waals surface area contributed by atoms with Gasteiger partial charge in [-0.2, -0.15) is 0 Å². The van der Waals surface area contributed by atoms with E-state index in [0.29, 0.717) is 39.1 Å². The monoisotopic (exact) mass is 411 g/mol. The summed E-state index contributed by atoms with van der Waals surface area (Å²) in [4.78, 5) is 12.0. The third kappa shape index (κ3) is 3.90. The van der Waals surface area contributed by atoms with E-state index in [-0.39, 0.29) is 5.97 Å². The smallest absolute Gasteiger partial charge is 0.319 e. The average molecular weight is 412 g/mol. The Hall–Kier alpha value is -1.96. The first-order valence-corrected chi connectivity index (χ1v) is 9.42. The van der Waals surface area contributed by atoms with Gasteiger partial charge in [0.1, 0.15) is 5.25 Å². The number of thioether (sulfide) groups is 1. The van der Waals surface area contributed by atoms with Crippen molar-refractivity contribution in [3.8, 4) is 17.3 Å². The maximum Gasteiger partial charge on any atom is 0.319 e. The fraction of sp³-hybridized carbons (Fsp3) is 0.235. The molecule has 1 atom stereocenters. The lowest BCUT2D eigenvalue weighted by Crippen LogP contribution is -2.17. The molecule has 0 spiro atoms. The van der Waals surface area contributed by atoms with Crippen LogP contribution in [-0.4, -0.2) is 32.6 Å². The highest BCUT2D eigenvalue weighted by Gasteiger charge is 2.23. The number of furan rings is 1. The van der Waals surface area contributed by atoms with Crippen molar-refractivity contribution in [2.24, 2.45) is 0 Å². The van der Waals surface area contributed by atoms with Crippen LogP contribution in [-0.2, 0) is 9.53 Å². The highest BCUT2D eigenvalue weighted by molar-refractivity contribution is 8.00. The van der Waals surface area contributed by atoms with E-state index in [0.717, 1.165) is 0 Å². The van der Waals surface area contributed by atoms with Crippen molar-refractivity contribution in [1.29, 1.82) is 0 Å². The second-order valence-electron chi connectivity index (χ2n) is 5.23. The summed E-state index contributed by atoms with van der Waals surface area (Å²) in [5, 5.41) is 9.33. The largest absolute Gasteiger partial charge is 0.465 e. The first kappa shape index (κ1) is 18.8. The second-order valence-corrected chi connectivity index (χ2v) is 7.35. The summed E-state index contributed by atoms with van der Waals surface area (Å²) in [5.74, 6) is 0.715. The Labute approximate surface area is 164 Å². The number of benzene rings is 1. The Bertz CT molecular complexity index is 912. The van der Waals surface area contributed by atoms with Crippen LogP contribution in [0.2, 0.25) is 10.0 Å². The highest BCUT2D eigenvalue weighted by atomic mass is 35.5. The van der Waals surface area contributed by atoms with E-state index in [1.165, 1.54) is 11.8 Å². The molecule has 2 aromatic heterocycles. The molecule has 3 rings (SSSR count). The molecule has 6 nitrogen and oxygen atoms in total. The van der Waals surface area contributed by atoms with E-state index in [9.17, 15) is 4.79 Å². The SMILES string of the molecule is CCOC(=O)C(C)Sc1nnc(-c2ccco2)n1-c1ccc(Cl)c(Cl)c1. The minimum atomic E-state index is -0.454. The molecule has 0 saturated carbocycles. The molecule has 0 aliphatic carbocycles. The molecule has 0 aliphatic heterocycles. The number of nitrogens with zero attached hydrogens (tertiary/aromatic N) is 3. The molecule has 0 amide bonds. The van der Waals surface area contributed by atoms with Gasteiger partial charge in [-0.1, -0.05) is 35.0 Å². The molecule has 136 valence electrons.